The molecule has 0 saturated heterocycles. The van der Waals surface area contributed by atoms with E-state index >= 15 is 0 Å². The van der Waals surface area contributed by atoms with Crippen LogP contribution >= 0.6 is 38.9 Å². The Morgan fingerprint density at radius 1 is 1.24 bits per heavy atom. The maximum absolute atomic E-state index is 12.9. The number of nitrogens with zero attached hydrogens (tertiary/aromatic N) is 3. The molecule has 1 aliphatic rings. The molecule has 4 rings (SSSR count). The molecule has 0 fully saturated rings. The van der Waals surface area contributed by atoms with Crippen LogP contribution < -0.4 is 10.1 Å². The first-order chi connectivity index (χ1) is 17.8. The first kappa shape index (κ1) is 26.4. The monoisotopic (exact) mass is 596 g/mol. The first-order valence-electron chi connectivity index (χ1n) is 11.1. The summed E-state index contributed by atoms with van der Waals surface area (Å²) >= 11 is 11.2. The molecule has 0 saturated carbocycles. The molecule has 0 spiro atoms. The average molecular weight is 598 g/mol. The Bertz CT molecular complexity index is 1480. The van der Waals surface area contributed by atoms with Gasteiger partial charge >= 0.3 is 0 Å². The summed E-state index contributed by atoms with van der Waals surface area (Å²) < 4.78 is 6.29. The molecule has 186 valence electrons. The van der Waals surface area contributed by atoms with Gasteiger partial charge in [0.15, 0.2) is 5.75 Å². The highest BCUT2D eigenvalue weighted by Crippen LogP contribution is 2.38. The number of non-ortho nitro benzene ring substituents is 1. The number of hydrogen-bond acceptors (Lipinski definition) is 7. The second-order valence-corrected chi connectivity index (χ2v) is 10.5. The zero-order chi connectivity index (χ0) is 26.5. The Labute approximate surface area is 230 Å². The van der Waals surface area contributed by atoms with Crippen LogP contribution in [0.3, 0.4) is 0 Å². The molecule has 0 radical (unpaired) electrons. The maximum Gasteiger partial charge on any atom is 0.269 e. The molecule has 0 bridgehead atoms. The summed E-state index contributed by atoms with van der Waals surface area (Å²) in [6, 6.07) is 13.3. The number of nitriles is 2. The van der Waals surface area contributed by atoms with Crippen LogP contribution in [0.4, 0.5) is 10.7 Å². The molecule has 1 N–H and O–H groups in total. The number of carbonyl (C=O) groups is 1. The Hall–Kier alpha value is -3.70. The number of thiophene rings is 1. The molecule has 2 aromatic carbocycles. The van der Waals surface area contributed by atoms with Gasteiger partial charge in [-0.25, -0.2) is 0 Å². The zero-order valence-corrected chi connectivity index (χ0v) is 22.4. The van der Waals surface area contributed by atoms with Gasteiger partial charge in [-0.15, -0.1) is 11.3 Å². The van der Waals surface area contributed by atoms with Gasteiger partial charge in [0.1, 0.15) is 29.3 Å². The van der Waals surface area contributed by atoms with Gasteiger partial charge in [0.2, 0.25) is 0 Å². The number of ether oxygens (including phenoxy) is 1. The Kier molecular flexibility index (Phi) is 8.24. The molecule has 1 aliphatic carbocycles. The summed E-state index contributed by atoms with van der Waals surface area (Å²) in [5.74, 6) is -0.258. The van der Waals surface area contributed by atoms with Crippen molar-refractivity contribution < 1.29 is 14.5 Å². The third-order valence-corrected chi connectivity index (χ3v) is 7.81. The fourth-order valence-electron chi connectivity index (χ4n) is 3.93. The van der Waals surface area contributed by atoms with Crippen molar-refractivity contribution in [3.05, 3.63) is 88.7 Å². The normalized spacial score (nSPS) is 12.7. The van der Waals surface area contributed by atoms with Crippen molar-refractivity contribution in [1.82, 2.24) is 0 Å². The summed E-state index contributed by atoms with van der Waals surface area (Å²) in [6.45, 7) is 0.128. The number of aryl methyl sites for hydroxylation is 1. The molecular weight excluding hydrogens is 580 g/mol. The molecule has 0 atom stereocenters. The minimum absolute atomic E-state index is 0.0148. The lowest BCUT2D eigenvalue weighted by molar-refractivity contribution is -0.384. The number of anilines is 1. The van der Waals surface area contributed by atoms with Crippen LogP contribution in [0.2, 0.25) is 5.02 Å². The van der Waals surface area contributed by atoms with Crippen molar-refractivity contribution >= 4 is 61.5 Å². The van der Waals surface area contributed by atoms with E-state index in [4.69, 9.17) is 16.3 Å². The summed E-state index contributed by atoms with van der Waals surface area (Å²) in [5, 5.41) is 33.5. The van der Waals surface area contributed by atoms with E-state index in [-0.39, 0.29) is 22.9 Å². The van der Waals surface area contributed by atoms with Gasteiger partial charge in [-0.2, -0.15) is 10.5 Å². The highest BCUT2D eigenvalue weighted by Gasteiger charge is 2.23. The summed E-state index contributed by atoms with van der Waals surface area (Å²) in [6.07, 6.45) is 5.18. The van der Waals surface area contributed by atoms with Gasteiger partial charge < -0.3 is 10.1 Å². The largest absolute Gasteiger partial charge is 0.486 e. The maximum atomic E-state index is 12.9. The second-order valence-electron chi connectivity index (χ2n) is 8.18. The number of carbonyl (C=O) groups excluding carboxylic acids is 1. The van der Waals surface area contributed by atoms with Crippen molar-refractivity contribution in [3.8, 4) is 17.9 Å². The first-order valence-corrected chi connectivity index (χ1v) is 13.1. The van der Waals surface area contributed by atoms with Crippen LogP contribution in [0.15, 0.2) is 46.4 Å². The minimum atomic E-state index is -0.608. The van der Waals surface area contributed by atoms with Crippen LogP contribution in [0.5, 0.6) is 5.75 Å². The van der Waals surface area contributed by atoms with E-state index in [0.717, 1.165) is 36.1 Å². The number of hydrogen-bond donors (Lipinski definition) is 1. The topological polar surface area (TPSA) is 129 Å². The number of benzene rings is 2. The molecule has 1 aromatic heterocycles. The van der Waals surface area contributed by atoms with Crippen LogP contribution in [-0.4, -0.2) is 10.8 Å². The molecule has 3 aromatic rings. The number of nitro groups is 1. The molecule has 8 nitrogen and oxygen atoms in total. The van der Waals surface area contributed by atoms with Gasteiger partial charge in [-0.1, -0.05) is 11.6 Å². The van der Waals surface area contributed by atoms with E-state index in [1.807, 2.05) is 6.07 Å². The Balaban J connectivity index is 1.50. The molecule has 37 heavy (non-hydrogen) atoms. The van der Waals surface area contributed by atoms with Gasteiger partial charge in [0.05, 0.1) is 20.0 Å². The Morgan fingerprint density at radius 3 is 2.62 bits per heavy atom. The minimum Gasteiger partial charge on any atom is -0.486 e. The third kappa shape index (κ3) is 6.00. The lowest BCUT2D eigenvalue weighted by Crippen LogP contribution is -2.13. The molecule has 0 unspecified atom stereocenters. The lowest BCUT2D eigenvalue weighted by Gasteiger charge is -2.11. The predicted molar refractivity (Wildman–Crippen MR) is 144 cm³/mol. The van der Waals surface area contributed by atoms with Crippen LogP contribution in [0, 0.1) is 32.8 Å². The third-order valence-electron chi connectivity index (χ3n) is 5.74. The average Bonchev–Trinajstić information content (AvgIpc) is 3.23. The van der Waals surface area contributed by atoms with Crippen molar-refractivity contribution in [2.75, 3.05) is 5.32 Å². The van der Waals surface area contributed by atoms with E-state index in [0.29, 0.717) is 31.9 Å². The lowest BCUT2D eigenvalue weighted by atomic mass is 9.96. The fourth-order valence-corrected chi connectivity index (χ4v) is 6.15. The molecule has 1 amide bonds. The number of rotatable bonds is 7. The second kappa shape index (κ2) is 11.6. The quantitative estimate of drug-likeness (QED) is 0.136. The summed E-state index contributed by atoms with van der Waals surface area (Å²) in [7, 11) is 0. The van der Waals surface area contributed by atoms with Gasteiger partial charge in [0.25, 0.3) is 11.6 Å². The number of nitro benzene ring substituents is 1. The highest BCUT2D eigenvalue weighted by atomic mass is 79.9. The van der Waals surface area contributed by atoms with E-state index in [1.165, 1.54) is 29.5 Å². The molecule has 11 heteroatoms. The van der Waals surface area contributed by atoms with E-state index < -0.39 is 10.8 Å². The van der Waals surface area contributed by atoms with E-state index in [9.17, 15) is 25.4 Å². The SMILES string of the molecule is N#C/C(=C\c1cc(Cl)c(OCc2ccc([N+](=O)[O-])cc2)c(Br)c1)C(=O)Nc1sc2c(c1C#N)CCCC2. The van der Waals surface area contributed by atoms with E-state index in [1.54, 1.807) is 24.3 Å². The van der Waals surface area contributed by atoms with Crippen molar-refractivity contribution in [2.24, 2.45) is 0 Å². The fraction of sp³-hybridized carbons (Fsp3) is 0.192. The number of nitrogens with one attached hydrogen (secondary N) is 1. The highest BCUT2D eigenvalue weighted by molar-refractivity contribution is 9.10. The van der Waals surface area contributed by atoms with Gasteiger partial charge in [0, 0.05) is 17.0 Å². The summed E-state index contributed by atoms with van der Waals surface area (Å²) in [5.41, 5.74) is 2.53. The van der Waals surface area contributed by atoms with Crippen molar-refractivity contribution in [1.29, 1.82) is 10.5 Å². The van der Waals surface area contributed by atoms with E-state index in [2.05, 4.69) is 27.3 Å². The Morgan fingerprint density at radius 2 is 1.97 bits per heavy atom. The smallest absolute Gasteiger partial charge is 0.269 e. The number of amides is 1. The number of fused-ring (bicyclic) bond motifs is 1. The van der Waals surface area contributed by atoms with Gasteiger partial charge in [-0.05, 0) is 88.6 Å². The standard InChI is InChI=1S/C26H18BrClN4O4S/c27-21-10-16(11-22(28)24(21)36-14-15-5-7-18(8-6-15)32(34)35)9-17(12-29)25(33)31-26-20(13-30)19-3-1-2-4-23(19)37-26/h5-11H,1-4,14H2,(H,31,33)/b17-9+. The van der Waals surface area contributed by atoms with Crippen molar-refractivity contribution in [3.63, 3.8) is 0 Å². The van der Waals surface area contributed by atoms with Crippen LogP contribution in [-0.2, 0) is 24.2 Å². The predicted octanol–water partition coefficient (Wildman–Crippen LogP) is 6.95. The van der Waals surface area contributed by atoms with Crippen LogP contribution in [0.1, 0.15) is 40.0 Å². The number of halogens is 2. The molecule has 0 aliphatic heterocycles. The molecule has 1 heterocycles. The molecular formula is C26H18BrClN4O4S. The van der Waals surface area contributed by atoms with Crippen molar-refractivity contribution in [2.45, 2.75) is 32.3 Å². The summed E-state index contributed by atoms with van der Waals surface area (Å²) in [4.78, 5) is 24.3. The zero-order valence-electron chi connectivity index (χ0n) is 19.2. The van der Waals surface area contributed by atoms with Gasteiger partial charge in [-0.3, -0.25) is 14.9 Å². The van der Waals surface area contributed by atoms with Crippen LogP contribution in [0.25, 0.3) is 6.08 Å².